The standard InChI is InChI=1S/C20H28N2O3/c23-18-6-2-1-5-14(18)11-20(25)22-12-15-9-17(21-7-3-4-8-21)19(24)10-16(15)13-22/h1-2,5-6,15-17,19,23-24H,3-4,7-13H2/t15-,16+,17-,19-/m1/s1. The first-order valence-corrected chi connectivity index (χ1v) is 9.58. The van der Waals surface area contributed by atoms with Gasteiger partial charge in [-0.15, -0.1) is 0 Å². The van der Waals surface area contributed by atoms with E-state index in [1.165, 1.54) is 12.8 Å². The Labute approximate surface area is 149 Å². The lowest BCUT2D eigenvalue weighted by atomic mass is 9.77. The van der Waals surface area contributed by atoms with Crippen LogP contribution in [0.15, 0.2) is 24.3 Å². The summed E-state index contributed by atoms with van der Waals surface area (Å²) in [7, 11) is 0. The highest BCUT2D eigenvalue weighted by molar-refractivity contribution is 5.79. The molecule has 2 saturated heterocycles. The molecular formula is C20H28N2O3. The molecule has 0 spiro atoms. The van der Waals surface area contributed by atoms with Crippen molar-refractivity contribution in [2.24, 2.45) is 11.8 Å². The summed E-state index contributed by atoms with van der Waals surface area (Å²) in [4.78, 5) is 17.1. The van der Waals surface area contributed by atoms with Crippen LogP contribution in [0.4, 0.5) is 0 Å². The summed E-state index contributed by atoms with van der Waals surface area (Å²) in [6.45, 7) is 3.76. The van der Waals surface area contributed by atoms with Crippen LogP contribution in [0.5, 0.6) is 5.75 Å². The largest absolute Gasteiger partial charge is 0.508 e. The van der Waals surface area contributed by atoms with Crippen molar-refractivity contribution in [1.29, 1.82) is 0 Å². The molecule has 1 amide bonds. The number of aromatic hydroxyl groups is 1. The van der Waals surface area contributed by atoms with E-state index in [-0.39, 0.29) is 30.2 Å². The average Bonchev–Trinajstić information content (AvgIpc) is 3.25. The van der Waals surface area contributed by atoms with E-state index in [4.69, 9.17) is 0 Å². The van der Waals surface area contributed by atoms with Gasteiger partial charge in [0.1, 0.15) is 5.75 Å². The van der Waals surface area contributed by atoms with Crippen molar-refractivity contribution in [2.75, 3.05) is 26.2 Å². The van der Waals surface area contributed by atoms with Gasteiger partial charge in [0, 0.05) is 24.7 Å². The number of carbonyl (C=O) groups is 1. The van der Waals surface area contributed by atoms with Crippen molar-refractivity contribution in [3.8, 4) is 5.75 Å². The summed E-state index contributed by atoms with van der Waals surface area (Å²) in [6.07, 6.45) is 4.29. The number of phenolic OH excluding ortho intramolecular Hbond substituents is 1. The molecule has 0 bridgehead atoms. The first kappa shape index (κ1) is 16.9. The van der Waals surface area contributed by atoms with Gasteiger partial charge < -0.3 is 15.1 Å². The van der Waals surface area contributed by atoms with Crippen molar-refractivity contribution in [3.05, 3.63) is 29.8 Å². The average molecular weight is 344 g/mol. The molecular weight excluding hydrogens is 316 g/mol. The minimum Gasteiger partial charge on any atom is -0.508 e. The molecule has 5 heteroatoms. The molecule has 1 saturated carbocycles. The van der Waals surface area contributed by atoms with Gasteiger partial charge in [-0.2, -0.15) is 0 Å². The van der Waals surface area contributed by atoms with Crippen LogP contribution in [0.3, 0.4) is 0 Å². The van der Waals surface area contributed by atoms with Crippen LogP contribution in [-0.2, 0) is 11.2 Å². The van der Waals surface area contributed by atoms with Crippen LogP contribution >= 0.6 is 0 Å². The van der Waals surface area contributed by atoms with Gasteiger partial charge in [-0.3, -0.25) is 9.69 Å². The monoisotopic (exact) mass is 344 g/mol. The number of fused-ring (bicyclic) bond motifs is 1. The van der Waals surface area contributed by atoms with Crippen molar-refractivity contribution in [2.45, 2.75) is 44.2 Å². The molecule has 3 aliphatic rings. The number of rotatable bonds is 3. The summed E-state index contributed by atoms with van der Waals surface area (Å²) >= 11 is 0. The van der Waals surface area contributed by atoms with Crippen LogP contribution in [0.1, 0.15) is 31.2 Å². The van der Waals surface area contributed by atoms with E-state index in [2.05, 4.69) is 4.90 Å². The highest BCUT2D eigenvalue weighted by Gasteiger charge is 2.44. The van der Waals surface area contributed by atoms with Crippen LogP contribution in [0.2, 0.25) is 0 Å². The number of likely N-dealkylation sites (tertiary alicyclic amines) is 2. The van der Waals surface area contributed by atoms with Gasteiger partial charge in [0.2, 0.25) is 5.91 Å². The Morgan fingerprint density at radius 3 is 2.48 bits per heavy atom. The Morgan fingerprint density at radius 1 is 1.08 bits per heavy atom. The molecule has 1 aromatic carbocycles. The Morgan fingerprint density at radius 2 is 1.76 bits per heavy atom. The number of benzene rings is 1. The Kier molecular flexibility index (Phi) is 4.69. The van der Waals surface area contributed by atoms with Crippen molar-refractivity contribution < 1.29 is 15.0 Å². The predicted octanol–water partition coefficient (Wildman–Crippen LogP) is 1.63. The number of para-hydroxylation sites is 1. The molecule has 3 fully saturated rings. The molecule has 2 aliphatic heterocycles. The van der Waals surface area contributed by atoms with Crippen LogP contribution in [0, 0.1) is 11.8 Å². The number of amides is 1. The minimum absolute atomic E-state index is 0.0862. The smallest absolute Gasteiger partial charge is 0.227 e. The van der Waals surface area contributed by atoms with E-state index in [0.717, 1.165) is 39.0 Å². The van der Waals surface area contributed by atoms with Gasteiger partial charge in [0.25, 0.3) is 0 Å². The third-order valence-corrected chi connectivity index (χ3v) is 6.40. The second-order valence-corrected chi connectivity index (χ2v) is 7.97. The number of carbonyl (C=O) groups excluding carboxylic acids is 1. The maximum absolute atomic E-state index is 12.7. The lowest BCUT2D eigenvalue weighted by molar-refractivity contribution is -0.129. The summed E-state index contributed by atoms with van der Waals surface area (Å²) in [6, 6.07) is 7.33. The van der Waals surface area contributed by atoms with Crippen LogP contribution in [0.25, 0.3) is 0 Å². The molecule has 1 aromatic rings. The van der Waals surface area contributed by atoms with Gasteiger partial charge in [-0.25, -0.2) is 0 Å². The van der Waals surface area contributed by atoms with Crippen LogP contribution < -0.4 is 0 Å². The summed E-state index contributed by atoms with van der Waals surface area (Å²) in [5.74, 6) is 1.20. The normalized spacial score (nSPS) is 32.8. The molecule has 136 valence electrons. The van der Waals surface area contributed by atoms with Gasteiger partial charge in [-0.05, 0) is 56.7 Å². The number of phenols is 1. The Balaban J connectivity index is 1.39. The van der Waals surface area contributed by atoms with Crippen molar-refractivity contribution in [1.82, 2.24) is 9.80 Å². The SMILES string of the molecule is O=C(Cc1ccccc1O)N1C[C@H]2C[C@@H](N3CCCC3)[C@H](O)C[C@H]2C1. The maximum Gasteiger partial charge on any atom is 0.227 e. The first-order valence-electron chi connectivity index (χ1n) is 9.58. The lowest BCUT2D eigenvalue weighted by Gasteiger charge is -2.40. The molecule has 4 atom stereocenters. The molecule has 25 heavy (non-hydrogen) atoms. The quantitative estimate of drug-likeness (QED) is 0.875. The van der Waals surface area contributed by atoms with E-state index >= 15 is 0 Å². The zero-order chi connectivity index (χ0) is 17.4. The maximum atomic E-state index is 12.7. The number of nitrogens with zero attached hydrogens (tertiary/aromatic N) is 2. The van der Waals surface area contributed by atoms with E-state index in [0.29, 0.717) is 17.4 Å². The zero-order valence-corrected chi connectivity index (χ0v) is 14.7. The Bertz CT molecular complexity index is 629. The lowest BCUT2D eigenvalue weighted by Crippen LogP contribution is -2.48. The molecule has 2 N–H and O–H groups in total. The van der Waals surface area contributed by atoms with E-state index in [1.54, 1.807) is 12.1 Å². The van der Waals surface area contributed by atoms with Crippen LogP contribution in [-0.4, -0.2) is 64.2 Å². The molecule has 0 aromatic heterocycles. The zero-order valence-electron chi connectivity index (χ0n) is 14.7. The van der Waals surface area contributed by atoms with Crippen molar-refractivity contribution >= 4 is 5.91 Å². The van der Waals surface area contributed by atoms with E-state index in [1.807, 2.05) is 17.0 Å². The molecule has 0 unspecified atom stereocenters. The molecule has 0 radical (unpaired) electrons. The molecule has 2 heterocycles. The number of hydrogen-bond acceptors (Lipinski definition) is 4. The number of aliphatic hydroxyl groups excluding tert-OH is 1. The predicted molar refractivity (Wildman–Crippen MR) is 95.2 cm³/mol. The number of aliphatic hydroxyl groups is 1. The highest BCUT2D eigenvalue weighted by Crippen LogP contribution is 2.39. The van der Waals surface area contributed by atoms with Gasteiger partial charge in [0.15, 0.2) is 0 Å². The third kappa shape index (κ3) is 3.40. The fourth-order valence-electron chi connectivity index (χ4n) is 5.01. The van der Waals surface area contributed by atoms with Gasteiger partial charge >= 0.3 is 0 Å². The molecule has 5 nitrogen and oxygen atoms in total. The molecule has 1 aliphatic carbocycles. The second kappa shape index (κ2) is 6.96. The topological polar surface area (TPSA) is 64.0 Å². The third-order valence-electron chi connectivity index (χ3n) is 6.40. The van der Waals surface area contributed by atoms with Gasteiger partial charge in [0.05, 0.1) is 12.5 Å². The van der Waals surface area contributed by atoms with E-state index < -0.39 is 0 Å². The van der Waals surface area contributed by atoms with Crippen molar-refractivity contribution in [3.63, 3.8) is 0 Å². The fourth-order valence-corrected chi connectivity index (χ4v) is 5.01. The summed E-state index contributed by atoms with van der Waals surface area (Å²) < 4.78 is 0. The molecule has 4 rings (SSSR count). The Hall–Kier alpha value is -1.59. The fraction of sp³-hybridized carbons (Fsp3) is 0.650. The van der Waals surface area contributed by atoms with E-state index in [9.17, 15) is 15.0 Å². The summed E-state index contributed by atoms with van der Waals surface area (Å²) in [5, 5.41) is 20.5. The van der Waals surface area contributed by atoms with Gasteiger partial charge in [-0.1, -0.05) is 18.2 Å². The first-order chi connectivity index (χ1) is 12.1. The highest BCUT2D eigenvalue weighted by atomic mass is 16.3. The second-order valence-electron chi connectivity index (χ2n) is 7.97. The minimum atomic E-state index is -0.257. The number of hydrogen-bond donors (Lipinski definition) is 2. The summed E-state index contributed by atoms with van der Waals surface area (Å²) in [5.41, 5.74) is 0.692.